The van der Waals surface area contributed by atoms with Gasteiger partial charge in [-0.15, -0.1) is 0 Å². The summed E-state index contributed by atoms with van der Waals surface area (Å²) in [6.45, 7) is 1.07. The van der Waals surface area contributed by atoms with Crippen molar-refractivity contribution < 1.29 is 0 Å². The Balaban J connectivity index is 1.85. The minimum atomic E-state index is 0.893. The second-order valence-electron chi connectivity index (χ2n) is 2.92. The molecule has 3 nitrogen and oxygen atoms in total. The van der Waals surface area contributed by atoms with E-state index in [1.165, 1.54) is 12.8 Å². The van der Waals surface area contributed by atoms with Gasteiger partial charge in [0.1, 0.15) is 12.1 Å². The molecule has 1 aliphatic carbocycles. The Kier molecular flexibility index (Phi) is 1.71. The molecule has 1 aliphatic rings. The number of anilines is 1. The molecule has 1 heterocycles. The van der Waals surface area contributed by atoms with Crippen molar-refractivity contribution in [1.82, 2.24) is 9.97 Å². The summed E-state index contributed by atoms with van der Waals surface area (Å²) in [6.07, 6.45) is 6.06. The highest BCUT2D eigenvalue weighted by molar-refractivity contribution is 5.31. The second-order valence-corrected chi connectivity index (χ2v) is 2.92. The molecule has 3 heteroatoms. The number of rotatable bonds is 3. The topological polar surface area (TPSA) is 37.8 Å². The molecule has 0 radical (unpaired) electrons. The average molecular weight is 149 g/mol. The van der Waals surface area contributed by atoms with Crippen molar-refractivity contribution in [2.75, 3.05) is 11.9 Å². The average Bonchev–Trinajstić information content (AvgIpc) is 2.86. The van der Waals surface area contributed by atoms with Crippen LogP contribution in [0.5, 0.6) is 0 Å². The van der Waals surface area contributed by atoms with Crippen molar-refractivity contribution >= 4 is 5.82 Å². The minimum absolute atomic E-state index is 0.893. The number of hydrogen-bond acceptors (Lipinski definition) is 3. The van der Waals surface area contributed by atoms with Gasteiger partial charge in [0.2, 0.25) is 0 Å². The van der Waals surface area contributed by atoms with Crippen LogP contribution in [-0.4, -0.2) is 16.5 Å². The van der Waals surface area contributed by atoms with Crippen LogP contribution in [0, 0.1) is 5.92 Å². The van der Waals surface area contributed by atoms with Gasteiger partial charge in [-0.3, -0.25) is 0 Å². The molecule has 1 aromatic heterocycles. The van der Waals surface area contributed by atoms with Gasteiger partial charge in [-0.1, -0.05) is 0 Å². The summed E-state index contributed by atoms with van der Waals surface area (Å²) >= 11 is 0. The molecule has 58 valence electrons. The highest BCUT2D eigenvalue weighted by Gasteiger charge is 2.20. The Morgan fingerprint density at radius 1 is 1.55 bits per heavy atom. The zero-order chi connectivity index (χ0) is 7.52. The maximum absolute atomic E-state index is 4.06. The summed E-state index contributed by atoms with van der Waals surface area (Å²) in [4.78, 5) is 7.89. The predicted molar refractivity (Wildman–Crippen MR) is 43.2 cm³/mol. The molecule has 0 aromatic carbocycles. The summed E-state index contributed by atoms with van der Waals surface area (Å²) in [5.74, 6) is 1.83. The molecule has 1 fully saturated rings. The van der Waals surface area contributed by atoms with E-state index < -0.39 is 0 Å². The molecule has 0 unspecified atom stereocenters. The normalized spacial score (nSPS) is 16.4. The Bertz CT molecular complexity index is 218. The van der Waals surface area contributed by atoms with E-state index in [0.29, 0.717) is 0 Å². The minimum Gasteiger partial charge on any atom is -0.370 e. The first-order valence-electron chi connectivity index (χ1n) is 3.95. The van der Waals surface area contributed by atoms with Gasteiger partial charge < -0.3 is 5.32 Å². The quantitative estimate of drug-likeness (QED) is 0.703. The van der Waals surface area contributed by atoms with E-state index >= 15 is 0 Å². The van der Waals surface area contributed by atoms with Crippen molar-refractivity contribution in [3.63, 3.8) is 0 Å². The number of aromatic nitrogens is 2. The summed E-state index contributed by atoms with van der Waals surface area (Å²) < 4.78 is 0. The molecule has 0 aliphatic heterocycles. The largest absolute Gasteiger partial charge is 0.370 e. The van der Waals surface area contributed by atoms with E-state index in [9.17, 15) is 0 Å². The molecule has 0 bridgehead atoms. The standard InChI is InChI=1S/C8H11N3/c1-2-7(1)5-10-8-3-4-9-6-11-8/h3-4,6-7H,1-2,5H2,(H,9,10,11). The van der Waals surface area contributed by atoms with E-state index in [1.807, 2.05) is 6.07 Å². The third-order valence-corrected chi connectivity index (χ3v) is 1.85. The molecule has 0 atom stereocenters. The van der Waals surface area contributed by atoms with Crippen molar-refractivity contribution in [3.05, 3.63) is 18.6 Å². The van der Waals surface area contributed by atoms with Crippen LogP contribution in [-0.2, 0) is 0 Å². The molecule has 0 spiro atoms. The molecule has 11 heavy (non-hydrogen) atoms. The second kappa shape index (κ2) is 2.86. The van der Waals surface area contributed by atoms with Crippen LogP contribution in [0.15, 0.2) is 18.6 Å². The number of hydrogen-bond donors (Lipinski definition) is 1. The SMILES string of the molecule is c1cc(NCC2CC2)ncn1. The molecule has 0 amide bonds. The third-order valence-electron chi connectivity index (χ3n) is 1.85. The van der Waals surface area contributed by atoms with Crippen molar-refractivity contribution in [2.24, 2.45) is 5.92 Å². The van der Waals surface area contributed by atoms with Crippen molar-refractivity contribution in [2.45, 2.75) is 12.8 Å². The lowest BCUT2D eigenvalue weighted by molar-refractivity contribution is 0.881. The summed E-state index contributed by atoms with van der Waals surface area (Å²) in [5.41, 5.74) is 0. The summed E-state index contributed by atoms with van der Waals surface area (Å²) in [6, 6.07) is 1.89. The number of nitrogens with zero attached hydrogens (tertiary/aromatic N) is 2. The summed E-state index contributed by atoms with van der Waals surface area (Å²) in [7, 11) is 0. The zero-order valence-corrected chi connectivity index (χ0v) is 6.33. The highest BCUT2D eigenvalue weighted by atomic mass is 15.0. The Hall–Kier alpha value is -1.12. The fourth-order valence-corrected chi connectivity index (χ4v) is 0.966. The lowest BCUT2D eigenvalue weighted by atomic mass is 10.4. The van der Waals surface area contributed by atoms with Crippen LogP contribution < -0.4 is 5.32 Å². The van der Waals surface area contributed by atoms with Crippen LogP contribution in [0.3, 0.4) is 0 Å². The van der Waals surface area contributed by atoms with Gasteiger partial charge in [0.05, 0.1) is 0 Å². The Morgan fingerprint density at radius 2 is 2.45 bits per heavy atom. The predicted octanol–water partition coefficient (Wildman–Crippen LogP) is 1.30. The van der Waals surface area contributed by atoms with Gasteiger partial charge in [-0.25, -0.2) is 9.97 Å². The molecule has 2 rings (SSSR count). The van der Waals surface area contributed by atoms with Crippen molar-refractivity contribution in [1.29, 1.82) is 0 Å². The van der Waals surface area contributed by atoms with E-state index in [1.54, 1.807) is 12.5 Å². The first-order valence-corrected chi connectivity index (χ1v) is 3.95. The smallest absolute Gasteiger partial charge is 0.129 e. The van der Waals surface area contributed by atoms with Gasteiger partial charge in [-0.05, 0) is 24.8 Å². The van der Waals surface area contributed by atoms with Gasteiger partial charge in [0.15, 0.2) is 0 Å². The Morgan fingerprint density at radius 3 is 3.09 bits per heavy atom. The highest BCUT2D eigenvalue weighted by Crippen LogP contribution is 2.28. The van der Waals surface area contributed by atoms with Gasteiger partial charge in [0.25, 0.3) is 0 Å². The van der Waals surface area contributed by atoms with Crippen LogP contribution >= 0.6 is 0 Å². The van der Waals surface area contributed by atoms with Crippen LogP contribution in [0.4, 0.5) is 5.82 Å². The fraction of sp³-hybridized carbons (Fsp3) is 0.500. The van der Waals surface area contributed by atoms with Crippen LogP contribution in [0.25, 0.3) is 0 Å². The molecule has 1 aromatic rings. The first-order chi connectivity index (χ1) is 5.45. The molecule has 1 N–H and O–H groups in total. The van der Waals surface area contributed by atoms with Crippen LogP contribution in [0.1, 0.15) is 12.8 Å². The fourth-order valence-electron chi connectivity index (χ4n) is 0.966. The molecular formula is C8H11N3. The maximum atomic E-state index is 4.06. The van der Waals surface area contributed by atoms with E-state index in [2.05, 4.69) is 15.3 Å². The van der Waals surface area contributed by atoms with Gasteiger partial charge in [-0.2, -0.15) is 0 Å². The molecule has 1 saturated carbocycles. The first kappa shape index (κ1) is 6.58. The lowest BCUT2D eigenvalue weighted by Crippen LogP contribution is -2.04. The van der Waals surface area contributed by atoms with E-state index in [-0.39, 0.29) is 0 Å². The molecular weight excluding hydrogens is 138 g/mol. The summed E-state index contributed by atoms with van der Waals surface area (Å²) in [5, 5.41) is 3.26. The lowest BCUT2D eigenvalue weighted by Gasteiger charge is -2.01. The van der Waals surface area contributed by atoms with Crippen molar-refractivity contribution in [3.8, 4) is 0 Å². The Labute approximate surface area is 65.9 Å². The number of nitrogens with one attached hydrogen (secondary N) is 1. The zero-order valence-electron chi connectivity index (χ0n) is 6.33. The van der Waals surface area contributed by atoms with Crippen LogP contribution in [0.2, 0.25) is 0 Å². The monoisotopic (exact) mass is 149 g/mol. The van der Waals surface area contributed by atoms with Gasteiger partial charge in [0, 0.05) is 12.7 Å². The van der Waals surface area contributed by atoms with E-state index in [0.717, 1.165) is 18.3 Å². The van der Waals surface area contributed by atoms with Gasteiger partial charge >= 0.3 is 0 Å². The van der Waals surface area contributed by atoms with E-state index in [4.69, 9.17) is 0 Å². The maximum Gasteiger partial charge on any atom is 0.129 e. The third kappa shape index (κ3) is 1.90. The molecule has 0 saturated heterocycles.